The summed E-state index contributed by atoms with van der Waals surface area (Å²) in [6.45, 7) is 4.65. The van der Waals surface area contributed by atoms with E-state index in [9.17, 15) is 19.5 Å². The van der Waals surface area contributed by atoms with E-state index in [0.717, 1.165) is 0 Å². The van der Waals surface area contributed by atoms with E-state index in [-0.39, 0.29) is 40.3 Å². The van der Waals surface area contributed by atoms with Gasteiger partial charge in [0.1, 0.15) is 5.56 Å². The number of amides is 1. The van der Waals surface area contributed by atoms with Crippen molar-refractivity contribution in [3.8, 4) is 0 Å². The van der Waals surface area contributed by atoms with Crippen LogP contribution >= 0.6 is 0 Å². The molecule has 4 N–H and O–H groups in total. The molecule has 30 heavy (non-hydrogen) atoms. The molecule has 3 heterocycles. The van der Waals surface area contributed by atoms with Crippen molar-refractivity contribution in [2.75, 3.05) is 24.1 Å². The van der Waals surface area contributed by atoms with Crippen molar-refractivity contribution >= 4 is 34.2 Å². The van der Waals surface area contributed by atoms with Crippen LogP contribution in [0, 0.1) is 5.82 Å². The Balaban J connectivity index is 1.81. The van der Waals surface area contributed by atoms with E-state index >= 15 is 4.39 Å². The third-order valence-electron chi connectivity index (χ3n) is 6.33. The van der Waals surface area contributed by atoms with Crippen LogP contribution in [0.25, 0.3) is 10.9 Å². The SMILES string of the molecule is CC(=O)N1CCC(Nc2cc3c(c(N)c2F)c(=O)c(C(=O)O)c2n3[C@H](C)CC2)CC1. The second-order valence-electron chi connectivity index (χ2n) is 8.18. The number of nitrogen functional groups attached to an aromatic ring is 1. The highest BCUT2D eigenvalue weighted by Gasteiger charge is 2.31. The molecule has 4 rings (SSSR count). The van der Waals surface area contributed by atoms with E-state index in [1.807, 2.05) is 6.92 Å². The van der Waals surface area contributed by atoms with Crippen LogP contribution in [-0.4, -0.2) is 45.6 Å². The minimum absolute atomic E-state index is 0.0211. The van der Waals surface area contributed by atoms with Gasteiger partial charge in [-0.05, 0) is 38.7 Å². The number of carbonyl (C=O) groups excluding carboxylic acids is 1. The fourth-order valence-corrected chi connectivity index (χ4v) is 4.72. The maximum Gasteiger partial charge on any atom is 0.341 e. The number of nitrogens with zero attached hydrogens (tertiary/aromatic N) is 2. The van der Waals surface area contributed by atoms with Gasteiger partial charge in [-0.1, -0.05) is 0 Å². The number of likely N-dealkylation sites (tertiary alicyclic amines) is 1. The minimum atomic E-state index is -1.32. The minimum Gasteiger partial charge on any atom is -0.477 e. The monoisotopic (exact) mass is 416 g/mol. The number of rotatable bonds is 3. The van der Waals surface area contributed by atoms with Crippen molar-refractivity contribution in [2.24, 2.45) is 0 Å². The third kappa shape index (κ3) is 3.09. The van der Waals surface area contributed by atoms with Gasteiger partial charge in [0.25, 0.3) is 0 Å². The van der Waals surface area contributed by atoms with Crippen LogP contribution in [0.5, 0.6) is 0 Å². The van der Waals surface area contributed by atoms with Gasteiger partial charge >= 0.3 is 5.97 Å². The molecule has 2 aliphatic rings. The summed E-state index contributed by atoms with van der Waals surface area (Å²) in [7, 11) is 0. The van der Waals surface area contributed by atoms with Crippen molar-refractivity contribution in [1.29, 1.82) is 0 Å². The number of carboxylic acids is 1. The summed E-state index contributed by atoms with van der Waals surface area (Å²) < 4.78 is 16.9. The van der Waals surface area contributed by atoms with Crippen molar-refractivity contribution in [3.05, 3.63) is 33.4 Å². The summed E-state index contributed by atoms with van der Waals surface area (Å²) >= 11 is 0. The molecule has 0 unspecified atom stereocenters. The quantitative estimate of drug-likeness (QED) is 0.661. The molecule has 1 atom stereocenters. The number of benzene rings is 1. The number of fused-ring (bicyclic) bond motifs is 3. The predicted octanol–water partition coefficient (Wildman–Crippen LogP) is 2.35. The highest BCUT2D eigenvalue weighted by molar-refractivity contribution is 6.00. The Morgan fingerprint density at radius 2 is 1.93 bits per heavy atom. The molecule has 0 radical (unpaired) electrons. The molecule has 1 saturated heterocycles. The van der Waals surface area contributed by atoms with Crippen LogP contribution in [0.4, 0.5) is 15.8 Å². The molecule has 1 fully saturated rings. The number of nitrogens with two attached hydrogens (primary N) is 1. The number of aromatic nitrogens is 1. The summed E-state index contributed by atoms with van der Waals surface area (Å²) in [6, 6.07) is 1.50. The highest BCUT2D eigenvalue weighted by Crippen LogP contribution is 2.36. The first-order valence-electron chi connectivity index (χ1n) is 10.1. The van der Waals surface area contributed by atoms with Crippen LogP contribution in [0.15, 0.2) is 10.9 Å². The Kier molecular flexibility index (Phi) is 4.91. The van der Waals surface area contributed by atoms with Crippen molar-refractivity contribution in [3.63, 3.8) is 0 Å². The Morgan fingerprint density at radius 3 is 2.53 bits per heavy atom. The summed E-state index contributed by atoms with van der Waals surface area (Å²) in [5, 5.41) is 12.7. The molecule has 1 aromatic carbocycles. The van der Waals surface area contributed by atoms with Gasteiger partial charge in [-0.3, -0.25) is 9.59 Å². The lowest BCUT2D eigenvalue weighted by molar-refractivity contribution is -0.129. The number of nitrogens with one attached hydrogen (secondary N) is 1. The molecule has 0 spiro atoms. The summed E-state index contributed by atoms with van der Waals surface area (Å²) in [5.41, 5.74) is 5.72. The second-order valence-corrected chi connectivity index (χ2v) is 8.18. The first-order chi connectivity index (χ1) is 14.2. The average molecular weight is 416 g/mol. The number of carboxylic acid groups (broad SMARTS) is 1. The highest BCUT2D eigenvalue weighted by atomic mass is 19.1. The Labute approximate surface area is 172 Å². The van der Waals surface area contributed by atoms with Crippen LogP contribution < -0.4 is 16.5 Å². The molecule has 2 aromatic rings. The number of hydrogen-bond acceptors (Lipinski definition) is 5. The zero-order valence-electron chi connectivity index (χ0n) is 17.0. The number of anilines is 2. The van der Waals surface area contributed by atoms with E-state index in [0.29, 0.717) is 50.0 Å². The molecule has 160 valence electrons. The van der Waals surface area contributed by atoms with Gasteiger partial charge in [0, 0.05) is 37.8 Å². The van der Waals surface area contributed by atoms with Gasteiger partial charge in [-0.15, -0.1) is 0 Å². The third-order valence-corrected chi connectivity index (χ3v) is 6.33. The molecule has 8 nitrogen and oxygen atoms in total. The molecule has 0 bridgehead atoms. The maximum atomic E-state index is 15.1. The van der Waals surface area contributed by atoms with Crippen LogP contribution in [0.3, 0.4) is 0 Å². The number of pyridine rings is 1. The van der Waals surface area contributed by atoms with Crippen molar-refractivity contribution in [1.82, 2.24) is 9.47 Å². The van der Waals surface area contributed by atoms with Gasteiger partial charge in [-0.2, -0.15) is 0 Å². The summed E-state index contributed by atoms with van der Waals surface area (Å²) in [4.78, 5) is 37.9. The Hall–Kier alpha value is -3.10. The van der Waals surface area contributed by atoms with Gasteiger partial charge in [0.15, 0.2) is 5.82 Å². The standard InChI is InChI=1S/C21H25FN4O4/c1-10-3-4-14-17(21(29)30)20(28)16-15(26(10)14)9-13(18(22)19(16)23)24-12-5-7-25(8-6-12)11(2)27/h9-10,12,24H,3-8,23H2,1-2H3,(H,29,30)/t10-/m1/s1. The molecular weight excluding hydrogens is 391 g/mol. The molecule has 0 saturated carbocycles. The van der Waals surface area contributed by atoms with E-state index in [4.69, 9.17) is 5.73 Å². The summed E-state index contributed by atoms with van der Waals surface area (Å²) in [6.07, 6.45) is 2.51. The van der Waals surface area contributed by atoms with E-state index in [2.05, 4.69) is 5.32 Å². The summed E-state index contributed by atoms with van der Waals surface area (Å²) in [5.74, 6) is -2.05. The maximum absolute atomic E-state index is 15.1. The van der Waals surface area contributed by atoms with Crippen LogP contribution in [0.2, 0.25) is 0 Å². The zero-order valence-corrected chi connectivity index (χ0v) is 17.0. The number of aromatic carboxylic acids is 1. The Morgan fingerprint density at radius 1 is 1.27 bits per heavy atom. The van der Waals surface area contributed by atoms with Gasteiger partial charge in [0.05, 0.1) is 22.3 Å². The van der Waals surface area contributed by atoms with Crippen LogP contribution in [0.1, 0.15) is 55.2 Å². The van der Waals surface area contributed by atoms with Gasteiger partial charge in [-0.25, -0.2) is 9.18 Å². The van der Waals surface area contributed by atoms with Crippen molar-refractivity contribution < 1.29 is 19.1 Å². The largest absolute Gasteiger partial charge is 0.477 e. The Bertz CT molecular complexity index is 1120. The average Bonchev–Trinajstić information content (AvgIpc) is 3.07. The smallest absolute Gasteiger partial charge is 0.341 e. The van der Waals surface area contributed by atoms with Crippen molar-refractivity contribution in [2.45, 2.75) is 51.6 Å². The van der Waals surface area contributed by atoms with E-state index in [1.165, 1.54) is 6.92 Å². The number of piperidine rings is 1. The van der Waals surface area contributed by atoms with Gasteiger partial charge in [0.2, 0.25) is 11.3 Å². The molecule has 1 aromatic heterocycles. The first kappa shape index (κ1) is 20.2. The number of carbonyl (C=O) groups is 2. The lowest BCUT2D eigenvalue weighted by Gasteiger charge is -2.32. The molecular formula is C21H25FN4O4. The fraction of sp³-hybridized carbons (Fsp3) is 0.476. The second kappa shape index (κ2) is 7.30. The number of hydrogen-bond donors (Lipinski definition) is 3. The van der Waals surface area contributed by atoms with E-state index < -0.39 is 17.2 Å². The van der Waals surface area contributed by atoms with E-state index in [1.54, 1.807) is 15.5 Å². The predicted molar refractivity (Wildman–Crippen MR) is 111 cm³/mol. The lowest BCUT2D eigenvalue weighted by Crippen LogP contribution is -2.41. The van der Waals surface area contributed by atoms with Crippen LogP contribution in [-0.2, 0) is 11.2 Å². The zero-order chi connectivity index (χ0) is 21.7. The first-order valence-corrected chi connectivity index (χ1v) is 10.1. The molecule has 9 heteroatoms. The molecule has 2 aliphatic heterocycles. The molecule has 0 aliphatic carbocycles. The number of halogens is 1. The normalized spacial score (nSPS) is 19.2. The molecule has 1 amide bonds. The topological polar surface area (TPSA) is 118 Å². The van der Waals surface area contributed by atoms with Gasteiger partial charge < -0.3 is 25.6 Å². The fourth-order valence-electron chi connectivity index (χ4n) is 4.72. The lowest BCUT2D eigenvalue weighted by atomic mass is 10.0.